The Morgan fingerprint density at radius 2 is 2.00 bits per heavy atom. The average Bonchev–Trinajstić information content (AvgIpc) is 1.98. The Hall–Kier alpha value is 1.02. The van der Waals surface area contributed by atoms with Crippen molar-refractivity contribution in [2.24, 2.45) is 0 Å². The summed E-state index contributed by atoms with van der Waals surface area (Å²) in [6.07, 6.45) is 6.55. The second-order valence-electron chi connectivity index (χ2n) is 2.60. The molecule has 62 valence electrons. The van der Waals surface area contributed by atoms with E-state index in [1.807, 2.05) is 0 Å². The summed E-state index contributed by atoms with van der Waals surface area (Å²) in [5.74, 6) is 0. The van der Waals surface area contributed by atoms with E-state index in [1.165, 1.54) is 32.1 Å². The number of unbranched alkanes of at least 4 members (excludes halogenated alkanes) is 3. The van der Waals surface area contributed by atoms with Crippen LogP contribution in [0.3, 0.4) is 0 Å². The Kier molecular flexibility index (Phi) is 8.95. The molecule has 0 aromatic carbocycles. The maximum absolute atomic E-state index is 5.94. The third kappa shape index (κ3) is 7.13. The van der Waals surface area contributed by atoms with Gasteiger partial charge in [0.2, 0.25) is 0 Å². The van der Waals surface area contributed by atoms with Crippen LogP contribution >= 0.6 is 34.2 Å². The van der Waals surface area contributed by atoms with Gasteiger partial charge in [0.1, 0.15) is 0 Å². The molecule has 0 nitrogen and oxygen atoms in total. The molecule has 0 N–H and O–H groups in total. The lowest BCUT2D eigenvalue weighted by molar-refractivity contribution is 0.631. The van der Waals surface area contributed by atoms with Crippen LogP contribution in [0.5, 0.6) is 0 Å². The predicted molar refractivity (Wildman–Crippen MR) is 57.3 cm³/mol. The van der Waals surface area contributed by atoms with Crippen LogP contribution in [0, 0.1) is 0 Å². The normalized spacial score (nSPS) is 13.5. The summed E-state index contributed by atoms with van der Waals surface area (Å²) in [4.78, 5) is 0. The second-order valence-corrected chi connectivity index (χ2v) is 4.10. The van der Waals surface area contributed by atoms with Gasteiger partial charge in [0.05, 0.1) is 0 Å². The zero-order valence-corrected chi connectivity index (χ0v) is 9.49. The van der Waals surface area contributed by atoms with E-state index in [-0.39, 0.29) is 0 Å². The fraction of sp³-hybridized carbons (Fsp3) is 1.00. The quantitative estimate of drug-likeness (QED) is 0.390. The van der Waals surface area contributed by atoms with Crippen molar-refractivity contribution in [3.63, 3.8) is 0 Å². The first kappa shape index (κ1) is 11.0. The second kappa shape index (κ2) is 8.12. The zero-order valence-electron chi connectivity index (χ0n) is 6.58. The van der Waals surface area contributed by atoms with Crippen molar-refractivity contribution >= 4 is 34.2 Å². The maximum Gasteiger partial charge on any atom is 0.0425 e. The van der Waals surface area contributed by atoms with Crippen LogP contribution in [-0.2, 0) is 0 Å². The molecule has 0 spiro atoms. The summed E-state index contributed by atoms with van der Waals surface area (Å²) in [5, 5.41) is 0.414. The summed E-state index contributed by atoms with van der Waals surface area (Å²) in [6.45, 7) is 2.23. The highest BCUT2D eigenvalue weighted by Crippen LogP contribution is 2.11. The first-order valence-electron chi connectivity index (χ1n) is 4.01. The van der Waals surface area contributed by atoms with E-state index in [2.05, 4.69) is 29.5 Å². The summed E-state index contributed by atoms with van der Waals surface area (Å²) in [7, 11) is 0. The minimum absolute atomic E-state index is 0.414. The van der Waals surface area contributed by atoms with Gasteiger partial charge in [-0.25, -0.2) is 0 Å². The molecule has 0 saturated heterocycles. The number of hydrogen-bond donors (Lipinski definition) is 0. The molecule has 1 atom stereocenters. The Morgan fingerprint density at radius 3 is 2.50 bits per heavy atom. The van der Waals surface area contributed by atoms with Gasteiger partial charge in [-0.15, -0.1) is 11.6 Å². The van der Waals surface area contributed by atoms with E-state index < -0.39 is 0 Å². The lowest BCUT2D eigenvalue weighted by atomic mass is 10.1. The third-order valence-electron chi connectivity index (χ3n) is 1.54. The molecular weight excluding hydrogens is 258 g/mol. The number of rotatable bonds is 6. The van der Waals surface area contributed by atoms with Gasteiger partial charge in [0, 0.05) is 9.80 Å². The minimum atomic E-state index is 0.414. The van der Waals surface area contributed by atoms with E-state index in [4.69, 9.17) is 11.6 Å². The number of halogens is 2. The van der Waals surface area contributed by atoms with Crippen molar-refractivity contribution in [1.82, 2.24) is 0 Å². The standard InChI is InChI=1S/C8H16ClI/c1-2-3-4-5-6-8(9)7-10/h8H,2-7H2,1H3/t8-/m1/s1. The maximum atomic E-state index is 5.94. The topological polar surface area (TPSA) is 0 Å². The van der Waals surface area contributed by atoms with Crippen LogP contribution in [0.2, 0.25) is 0 Å². The first-order chi connectivity index (χ1) is 4.81. The van der Waals surface area contributed by atoms with Crippen molar-refractivity contribution in [3.05, 3.63) is 0 Å². The average molecular weight is 275 g/mol. The molecule has 0 amide bonds. The predicted octanol–water partition coefficient (Wildman–Crippen LogP) is 4.00. The van der Waals surface area contributed by atoms with Gasteiger partial charge in [0.15, 0.2) is 0 Å². The summed E-state index contributed by atoms with van der Waals surface area (Å²) in [5.41, 5.74) is 0. The van der Waals surface area contributed by atoms with Gasteiger partial charge in [0.25, 0.3) is 0 Å². The highest BCUT2D eigenvalue weighted by atomic mass is 127. The Morgan fingerprint density at radius 1 is 1.30 bits per heavy atom. The van der Waals surface area contributed by atoms with E-state index in [9.17, 15) is 0 Å². The molecule has 0 bridgehead atoms. The highest BCUT2D eigenvalue weighted by Gasteiger charge is 1.99. The van der Waals surface area contributed by atoms with Crippen LogP contribution in [0.4, 0.5) is 0 Å². The molecule has 0 heterocycles. The van der Waals surface area contributed by atoms with E-state index in [1.54, 1.807) is 0 Å². The van der Waals surface area contributed by atoms with Crippen LogP contribution in [0.25, 0.3) is 0 Å². The highest BCUT2D eigenvalue weighted by molar-refractivity contribution is 14.1. The SMILES string of the molecule is CCCCCC[C@@H](Cl)CI. The largest absolute Gasteiger partial charge is 0.122 e. The number of alkyl halides is 2. The molecule has 0 saturated carbocycles. The van der Waals surface area contributed by atoms with Crippen molar-refractivity contribution in [3.8, 4) is 0 Å². The monoisotopic (exact) mass is 274 g/mol. The van der Waals surface area contributed by atoms with Crippen molar-refractivity contribution < 1.29 is 0 Å². The van der Waals surface area contributed by atoms with Gasteiger partial charge in [-0.05, 0) is 6.42 Å². The van der Waals surface area contributed by atoms with Gasteiger partial charge in [-0.3, -0.25) is 0 Å². The first-order valence-corrected chi connectivity index (χ1v) is 5.97. The minimum Gasteiger partial charge on any atom is -0.122 e. The lowest BCUT2D eigenvalue weighted by Crippen LogP contribution is -1.98. The Balaban J connectivity index is 2.89. The third-order valence-corrected chi connectivity index (χ3v) is 3.49. The van der Waals surface area contributed by atoms with E-state index in [0.717, 1.165) is 4.43 Å². The van der Waals surface area contributed by atoms with Crippen LogP contribution in [0.15, 0.2) is 0 Å². The molecule has 0 aromatic rings. The molecular formula is C8H16ClI. The molecule has 2 heteroatoms. The molecule has 0 aliphatic rings. The lowest BCUT2D eigenvalue weighted by Gasteiger charge is -2.03. The van der Waals surface area contributed by atoms with Crippen LogP contribution in [-0.4, -0.2) is 9.80 Å². The summed E-state index contributed by atoms with van der Waals surface area (Å²) < 4.78 is 1.09. The van der Waals surface area contributed by atoms with E-state index in [0.29, 0.717) is 5.38 Å². The number of hydrogen-bond acceptors (Lipinski definition) is 0. The van der Waals surface area contributed by atoms with Gasteiger partial charge < -0.3 is 0 Å². The zero-order chi connectivity index (χ0) is 7.82. The van der Waals surface area contributed by atoms with Crippen molar-refractivity contribution in [1.29, 1.82) is 0 Å². The molecule has 10 heavy (non-hydrogen) atoms. The van der Waals surface area contributed by atoms with Crippen molar-refractivity contribution in [2.45, 2.75) is 44.4 Å². The molecule has 0 radical (unpaired) electrons. The van der Waals surface area contributed by atoms with Crippen molar-refractivity contribution in [2.75, 3.05) is 4.43 Å². The van der Waals surface area contributed by atoms with Crippen LogP contribution < -0.4 is 0 Å². The van der Waals surface area contributed by atoms with Gasteiger partial charge >= 0.3 is 0 Å². The molecule has 0 aliphatic carbocycles. The smallest absolute Gasteiger partial charge is 0.0425 e. The summed E-state index contributed by atoms with van der Waals surface area (Å²) in [6, 6.07) is 0. The summed E-state index contributed by atoms with van der Waals surface area (Å²) >= 11 is 8.28. The fourth-order valence-corrected chi connectivity index (χ4v) is 1.46. The molecule has 0 rings (SSSR count). The molecule has 0 unspecified atom stereocenters. The van der Waals surface area contributed by atoms with Gasteiger partial charge in [-0.1, -0.05) is 55.2 Å². The Bertz CT molecular complexity index is 66.3. The van der Waals surface area contributed by atoms with Gasteiger partial charge in [-0.2, -0.15) is 0 Å². The Labute approximate surface area is 82.9 Å². The molecule has 0 aliphatic heterocycles. The van der Waals surface area contributed by atoms with Crippen LogP contribution in [0.1, 0.15) is 39.0 Å². The van der Waals surface area contributed by atoms with E-state index >= 15 is 0 Å². The fourth-order valence-electron chi connectivity index (χ4n) is 0.870. The molecule has 0 fully saturated rings. The molecule has 0 aromatic heterocycles.